The summed E-state index contributed by atoms with van der Waals surface area (Å²) in [5.41, 5.74) is 4.14. The third kappa shape index (κ3) is 4.77. The summed E-state index contributed by atoms with van der Waals surface area (Å²) in [6.07, 6.45) is 0.462. The average molecular weight is 403 g/mol. The lowest BCUT2D eigenvalue weighted by Gasteiger charge is -2.40. The highest BCUT2D eigenvalue weighted by Crippen LogP contribution is 2.28. The zero-order valence-electron chi connectivity index (χ0n) is 17.3. The number of carbonyl (C=O) groups is 1. The van der Waals surface area contributed by atoms with Crippen LogP contribution in [0.25, 0.3) is 0 Å². The number of carbonyl (C=O) groups excluding carboxylic acids is 1. The molecule has 0 saturated carbocycles. The van der Waals surface area contributed by atoms with Crippen molar-refractivity contribution in [3.63, 3.8) is 0 Å². The number of benzene rings is 3. The molecule has 0 spiro atoms. The molecule has 0 bridgehead atoms. The number of Topliss-reactive ketones (excluding diaryl/α,β-unsaturated/α-hetero) is 1. The van der Waals surface area contributed by atoms with E-state index in [1.54, 1.807) is 0 Å². The van der Waals surface area contributed by atoms with E-state index in [1.165, 1.54) is 17.7 Å². The monoisotopic (exact) mass is 402 g/mol. The van der Waals surface area contributed by atoms with Crippen molar-refractivity contribution in [2.24, 2.45) is 0 Å². The first kappa shape index (κ1) is 20.3. The summed E-state index contributed by atoms with van der Waals surface area (Å²) in [5, 5.41) is 0. The van der Waals surface area contributed by atoms with Gasteiger partial charge in [0.25, 0.3) is 0 Å². The van der Waals surface area contributed by atoms with Crippen LogP contribution in [0, 0.1) is 12.7 Å². The van der Waals surface area contributed by atoms with Gasteiger partial charge in [0.05, 0.1) is 0 Å². The second-order valence-electron chi connectivity index (χ2n) is 7.92. The number of anilines is 1. The SMILES string of the molecule is Cc1ccc(C(=O)C[C@@H](c2ccccc2)N2CCN(c3ccc(F)cc3)CC2)cc1. The van der Waals surface area contributed by atoms with Crippen molar-refractivity contribution in [3.05, 3.63) is 101 Å². The van der Waals surface area contributed by atoms with Crippen molar-refractivity contribution >= 4 is 11.5 Å². The minimum Gasteiger partial charge on any atom is -0.369 e. The molecule has 1 atom stereocenters. The third-order valence-corrected chi connectivity index (χ3v) is 5.88. The van der Waals surface area contributed by atoms with Crippen molar-refractivity contribution in [2.45, 2.75) is 19.4 Å². The zero-order valence-corrected chi connectivity index (χ0v) is 17.3. The van der Waals surface area contributed by atoms with Gasteiger partial charge in [-0.15, -0.1) is 0 Å². The first-order chi connectivity index (χ1) is 14.6. The zero-order chi connectivity index (χ0) is 20.9. The normalized spacial score (nSPS) is 15.7. The Labute approximate surface area is 177 Å². The Bertz CT molecular complexity index is 962. The number of aryl methyl sites for hydroxylation is 1. The largest absolute Gasteiger partial charge is 0.369 e. The van der Waals surface area contributed by atoms with E-state index in [0.29, 0.717) is 6.42 Å². The van der Waals surface area contributed by atoms with E-state index in [4.69, 9.17) is 0 Å². The van der Waals surface area contributed by atoms with Crippen LogP contribution >= 0.6 is 0 Å². The van der Waals surface area contributed by atoms with Gasteiger partial charge in [-0.25, -0.2) is 4.39 Å². The summed E-state index contributed by atoms with van der Waals surface area (Å²) in [5.74, 6) is -0.0408. The highest BCUT2D eigenvalue weighted by molar-refractivity contribution is 5.96. The predicted molar refractivity (Wildman–Crippen MR) is 119 cm³/mol. The van der Waals surface area contributed by atoms with Gasteiger partial charge in [-0.05, 0) is 36.8 Å². The Hall–Kier alpha value is -2.98. The minimum atomic E-state index is -0.212. The molecule has 4 rings (SSSR count). The molecule has 0 radical (unpaired) electrons. The number of ketones is 1. The highest BCUT2D eigenvalue weighted by Gasteiger charge is 2.27. The molecule has 3 aromatic carbocycles. The lowest BCUT2D eigenvalue weighted by Crippen LogP contribution is -2.48. The maximum atomic E-state index is 13.2. The number of hydrogen-bond donors (Lipinski definition) is 0. The fourth-order valence-corrected chi connectivity index (χ4v) is 4.11. The van der Waals surface area contributed by atoms with Crippen molar-refractivity contribution in [3.8, 4) is 0 Å². The fraction of sp³-hybridized carbons (Fsp3) is 0.269. The first-order valence-corrected chi connectivity index (χ1v) is 10.5. The van der Waals surface area contributed by atoms with Crippen LogP contribution in [0.5, 0.6) is 0 Å². The van der Waals surface area contributed by atoms with E-state index in [1.807, 2.05) is 61.5 Å². The van der Waals surface area contributed by atoms with Crippen LogP contribution in [0.15, 0.2) is 78.9 Å². The molecule has 1 heterocycles. The summed E-state index contributed by atoms with van der Waals surface area (Å²) < 4.78 is 13.2. The van der Waals surface area contributed by atoms with Crippen LogP contribution in [0.3, 0.4) is 0 Å². The Morgan fingerprint density at radius 3 is 2.13 bits per heavy atom. The van der Waals surface area contributed by atoms with E-state index >= 15 is 0 Å². The lowest BCUT2D eigenvalue weighted by molar-refractivity contribution is 0.0910. The summed E-state index contributed by atoms with van der Waals surface area (Å²) >= 11 is 0. The van der Waals surface area contributed by atoms with Crippen molar-refractivity contribution in [1.82, 2.24) is 4.90 Å². The van der Waals surface area contributed by atoms with Gasteiger partial charge in [-0.3, -0.25) is 9.69 Å². The molecule has 0 amide bonds. The molecule has 3 nitrogen and oxygen atoms in total. The van der Waals surface area contributed by atoms with Crippen LogP contribution in [-0.4, -0.2) is 36.9 Å². The van der Waals surface area contributed by atoms with E-state index in [0.717, 1.165) is 43.0 Å². The Kier molecular flexibility index (Phi) is 6.24. The summed E-state index contributed by atoms with van der Waals surface area (Å²) in [4.78, 5) is 17.7. The third-order valence-electron chi connectivity index (χ3n) is 5.88. The van der Waals surface area contributed by atoms with Gasteiger partial charge in [0.15, 0.2) is 5.78 Å². The quantitative estimate of drug-likeness (QED) is 0.525. The molecule has 1 fully saturated rings. The van der Waals surface area contributed by atoms with Crippen molar-refractivity contribution in [1.29, 1.82) is 0 Å². The number of nitrogens with zero attached hydrogens (tertiary/aromatic N) is 2. The molecule has 0 aliphatic carbocycles. The average Bonchev–Trinajstić information content (AvgIpc) is 2.79. The van der Waals surface area contributed by atoms with E-state index < -0.39 is 0 Å². The van der Waals surface area contributed by atoms with Crippen LogP contribution in [0.1, 0.15) is 33.9 Å². The second kappa shape index (κ2) is 9.23. The molecule has 0 aromatic heterocycles. The highest BCUT2D eigenvalue weighted by atomic mass is 19.1. The molecular formula is C26H27FN2O. The van der Waals surface area contributed by atoms with Crippen LogP contribution < -0.4 is 4.90 Å². The molecule has 4 heteroatoms. The maximum absolute atomic E-state index is 13.2. The van der Waals surface area contributed by atoms with Gasteiger partial charge >= 0.3 is 0 Å². The van der Waals surface area contributed by atoms with E-state index in [9.17, 15) is 9.18 Å². The Balaban J connectivity index is 1.49. The molecular weight excluding hydrogens is 375 g/mol. The van der Waals surface area contributed by atoms with Gasteiger partial charge < -0.3 is 4.90 Å². The van der Waals surface area contributed by atoms with Crippen LogP contribution in [-0.2, 0) is 0 Å². The smallest absolute Gasteiger partial charge is 0.164 e. The Morgan fingerprint density at radius 2 is 1.50 bits per heavy atom. The molecule has 1 aliphatic rings. The van der Waals surface area contributed by atoms with Gasteiger partial charge in [-0.2, -0.15) is 0 Å². The van der Waals surface area contributed by atoms with Gasteiger partial charge in [0.1, 0.15) is 5.82 Å². The lowest BCUT2D eigenvalue weighted by atomic mass is 9.95. The Morgan fingerprint density at radius 1 is 0.867 bits per heavy atom. The van der Waals surface area contributed by atoms with Gasteiger partial charge in [0.2, 0.25) is 0 Å². The summed E-state index contributed by atoms with van der Waals surface area (Å²) in [7, 11) is 0. The van der Waals surface area contributed by atoms with E-state index in [-0.39, 0.29) is 17.6 Å². The second-order valence-corrected chi connectivity index (χ2v) is 7.92. The summed E-state index contributed by atoms with van der Waals surface area (Å²) in [6, 6.07) is 24.9. The van der Waals surface area contributed by atoms with Gasteiger partial charge in [0, 0.05) is 49.9 Å². The van der Waals surface area contributed by atoms with Crippen LogP contribution in [0.2, 0.25) is 0 Å². The minimum absolute atomic E-state index is 0.0513. The number of halogens is 1. The van der Waals surface area contributed by atoms with E-state index in [2.05, 4.69) is 21.9 Å². The molecule has 154 valence electrons. The molecule has 1 aliphatic heterocycles. The number of hydrogen-bond acceptors (Lipinski definition) is 3. The number of rotatable bonds is 6. The predicted octanol–water partition coefficient (Wildman–Crippen LogP) is 5.27. The fourth-order valence-electron chi connectivity index (χ4n) is 4.11. The van der Waals surface area contributed by atoms with Crippen molar-refractivity contribution < 1.29 is 9.18 Å². The standard InChI is InChI=1S/C26H27FN2O/c1-20-7-9-22(10-8-20)26(30)19-25(21-5-3-2-4-6-21)29-17-15-28(16-18-29)24-13-11-23(27)12-14-24/h2-14,25H,15-19H2,1H3/t25-/m0/s1. The number of piperazine rings is 1. The molecule has 1 saturated heterocycles. The maximum Gasteiger partial charge on any atom is 0.164 e. The van der Waals surface area contributed by atoms with Gasteiger partial charge in [-0.1, -0.05) is 60.2 Å². The van der Waals surface area contributed by atoms with Crippen molar-refractivity contribution in [2.75, 3.05) is 31.1 Å². The molecule has 30 heavy (non-hydrogen) atoms. The molecule has 0 N–H and O–H groups in total. The summed E-state index contributed by atoms with van der Waals surface area (Å²) in [6.45, 7) is 5.46. The molecule has 3 aromatic rings. The topological polar surface area (TPSA) is 23.6 Å². The molecule has 0 unspecified atom stereocenters. The first-order valence-electron chi connectivity index (χ1n) is 10.5. The van der Waals surface area contributed by atoms with Crippen LogP contribution in [0.4, 0.5) is 10.1 Å².